The van der Waals surface area contributed by atoms with Crippen molar-refractivity contribution >= 4 is 10.9 Å². The third-order valence-electron chi connectivity index (χ3n) is 4.04. The molecule has 2 aromatic carbocycles. The summed E-state index contributed by atoms with van der Waals surface area (Å²) in [4.78, 5) is 7.82. The zero-order valence-corrected chi connectivity index (χ0v) is 13.8. The molecule has 0 radical (unpaired) electrons. The van der Waals surface area contributed by atoms with Crippen molar-refractivity contribution in [1.29, 1.82) is 0 Å². The lowest BCUT2D eigenvalue weighted by Crippen LogP contribution is -2.24. The number of rotatable bonds is 3. The van der Waals surface area contributed by atoms with Gasteiger partial charge in [0.1, 0.15) is 5.60 Å². The summed E-state index contributed by atoms with van der Waals surface area (Å²) in [5, 5.41) is 0.571. The molecule has 3 aromatic rings. The van der Waals surface area contributed by atoms with Gasteiger partial charge in [-0.1, -0.05) is 24.3 Å². The maximum Gasteiger partial charge on any atom is 0.297 e. The van der Waals surface area contributed by atoms with Gasteiger partial charge in [0.25, 0.3) is 6.43 Å². The third kappa shape index (κ3) is 2.88. The number of hydrogen-bond acceptors (Lipinski definition) is 4. The van der Waals surface area contributed by atoms with Gasteiger partial charge in [0.15, 0.2) is 17.3 Å². The highest BCUT2D eigenvalue weighted by molar-refractivity contribution is 5.83. The fraction of sp³-hybridized carbons (Fsp3) is 0.263. The van der Waals surface area contributed by atoms with Crippen molar-refractivity contribution in [3.63, 3.8) is 0 Å². The Bertz CT molecular complexity index is 957. The summed E-state index contributed by atoms with van der Waals surface area (Å²) >= 11 is 0. The number of nitrogens with zero attached hydrogens (tertiary/aromatic N) is 2. The zero-order valence-electron chi connectivity index (χ0n) is 13.8. The third-order valence-corrected chi connectivity index (χ3v) is 4.04. The summed E-state index contributed by atoms with van der Waals surface area (Å²) in [5.74, 6) is 0.645. The highest BCUT2D eigenvalue weighted by Crippen LogP contribution is 2.43. The Balaban J connectivity index is 1.81. The van der Waals surface area contributed by atoms with E-state index in [2.05, 4.69) is 9.97 Å². The van der Waals surface area contributed by atoms with Crippen LogP contribution in [0.3, 0.4) is 0 Å². The van der Waals surface area contributed by atoms with Crippen molar-refractivity contribution in [3.8, 4) is 17.4 Å². The van der Waals surface area contributed by atoms with Crippen molar-refractivity contribution in [2.24, 2.45) is 0 Å². The molecule has 0 saturated carbocycles. The summed E-state index contributed by atoms with van der Waals surface area (Å²) in [7, 11) is 0. The Morgan fingerprint density at radius 2 is 1.88 bits per heavy atom. The van der Waals surface area contributed by atoms with Crippen molar-refractivity contribution in [1.82, 2.24) is 9.97 Å². The SMILES string of the molecule is CC1(C)Cc2cccc(Oc3nc(C(F)F)nc4ccccc34)c2O1. The van der Waals surface area contributed by atoms with Gasteiger partial charge < -0.3 is 9.47 Å². The van der Waals surface area contributed by atoms with Crippen LogP contribution in [0.2, 0.25) is 0 Å². The number of hydrogen-bond donors (Lipinski definition) is 0. The molecule has 0 spiro atoms. The second-order valence-corrected chi connectivity index (χ2v) is 6.59. The number of halogens is 2. The molecule has 0 saturated heterocycles. The van der Waals surface area contributed by atoms with Crippen LogP contribution < -0.4 is 9.47 Å². The van der Waals surface area contributed by atoms with Gasteiger partial charge in [0, 0.05) is 12.0 Å². The number of benzene rings is 2. The lowest BCUT2D eigenvalue weighted by molar-refractivity contribution is 0.134. The number of fused-ring (bicyclic) bond motifs is 2. The molecule has 1 aliphatic rings. The van der Waals surface area contributed by atoms with E-state index < -0.39 is 12.2 Å². The van der Waals surface area contributed by atoms with Crippen molar-refractivity contribution < 1.29 is 18.3 Å². The molecule has 6 heteroatoms. The van der Waals surface area contributed by atoms with Crippen LogP contribution >= 0.6 is 0 Å². The standard InChI is InChI=1S/C19H16F2N2O2/c1-19(2)10-11-6-5-9-14(15(11)25-19)24-18-12-7-3-4-8-13(12)22-17(23-18)16(20)21/h3-9,16H,10H2,1-2H3. The van der Waals surface area contributed by atoms with Gasteiger partial charge in [-0.05, 0) is 32.0 Å². The monoisotopic (exact) mass is 342 g/mol. The van der Waals surface area contributed by atoms with Gasteiger partial charge in [0.2, 0.25) is 5.88 Å². The average Bonchev–Trinajstić information content (AvgIpc) is 2.89. The second-order valence-electron chi connectivity index (χ2n) is 6.59. The van der Waals surface area contributed by atoms with Crippen LogP contribution in [0, 0.1) is 0 Å². The molecule has 1 aliphatic heterocycles. The van der Waals surface area contributed by atoms with Crippen LogP contribution in [0.4, 0.5) is 8.78 Å². The van der Waals surface area contributed by atoms with Crippen LogP contribution in [0.15, 0.2) is 42.5 Å². The molecule has 4 rings (SSSR count). The molecular weight excluding hydrogens is 326 g/mol. The number of para-hydroxylation sites is 2. The van der Waals surface area contributed by atoms with E-state index in [9.17, 15) is 8.78 Å². The maximum absolute atomic E-state index is 13.1. The first-order valence-electron chi connectivity index (χ1n) is 7.96. The lowest BCUT2D eigenvalue weighted by atomic mass is 10.0. The smallest absolute Gasteiger partial charge is 0.297 e. The lowest BCUT2D eigenvalue weighted by Gasteiger charge is -2.18. The minimum Gasteiger partial charge on any atom is -0.483 e. The van der Waals surface area contributed by atoms with Gasteiger partial charge in [0.05, 0.1) is 10.9 Å². The molecule has 0 amide bonds. The first kappa shape index (κ1) is 15.7. The maximum atomic E-state index is 13.1. The number of aromatic nitrogens is 2. The fourth-order valence-corrected chi connectivity index (χ4v) is 3.01. The summed E-state index contributed by atoms with van der Waals surface area (Å²) < 4.78 is 38.1. The van der Waals surface area contributed by atoms with Gasteiger partial charge in [-0.25, -0.2) is 13.8 Å². The van der Waals surface area contributed by atoms with E-state index in [-0.39, 0.29) is 11.5 Å². The molecule has 0 N–H and O–H groups in total. The minimum absolute atomic E-state index is 0.0996. The molecule has 128 valence electrons. The van der Waals surface area contributed by atoms with E-state index in [1.54, 1.807) is 30.3 Å². The molecule has 0 atom stereocenters. The Morgan fingerprint density at radius 1 is 1.08 bits per heavy atom. The fourth-order valence-electron chi connectivity index (χ4n) is 3.01. The van der Waals surface area contributed by atoms with Crippen LogP contribution in [-0.4, -0.2) is 15.6 Å². The molecule has 0 fully saturated rings. The number of alkyl halides is 2. The molecule has 0 bridgehead atoms. The van der Waals surface area contributed by atoms with Crippen LogP contribution in [0.5, 0.6) is 17.4 Å². The largest absolute Gasteiger partial charge is 0.483 e. The van der Waals surface area contributed by atoms with Crippen molar-refractivity contribution in [3.05, 3.63) is 53.9 Å². The topological polar surface area (TPSA) is 44.2 Å². The molecule has 2 heterocycles. The summed E-state index contributed by atoms with van der Waals surface area (Å²) in [5.41, 5.74) is 1.11. The minimum atomic E-state index is -2.77. The first-order valence-corrected chi connectivity index (χ1v) is 7.96. The van der Waals surface area contributed by atoms with Crippen molar-refractivity contribution in [2.45, 2.75) is 32.3 Å². The van der Waals surface area contributed by atoms with E-state index in [0.29, 0.717) is 22.4 Å². The Morgan fingerprint density at radius 3 is 2.68 bits per heavy atom. The molecule has 1 aromatic heterocycles. The molecular formula is C19H16F2N2O2. The van der Waals surface area contributed by atoms with Gasteiger partial charge in [-0.15, -0.1) is 0 Å². The first-order chi connectivity index (χ1) is 11.9. The van der Waals surface area contributed by atoms with Gasteiger partial charge in [-0.2, -0.15) is 4.98 Å². The van der Waals surface area contributed by atoms with E-state index in [1.165, 1.54) is 0 Å². The van der Waals surface area contributed by atoms with Crippen molar-refractivity contribution in [2.75, 3.05) is 0 Å². The second kappa shape index (κ2) is 5.65. The predicted molar refractivity (Wildman–Crippen MR) is 89.4 cm³/mol. The van der Waals surface area contributed by atoms with Gasteiger partial charge in [-0.3, -0.25) is 0 Å². The average molecular weight is 342 g/mol. The quantitative estimate of drug-likeness (QED) is 0.666. The highest BCUT2D eigenvalue weighted by atomic mass is 19.3. The summed E-state index contributed by atoms with van der Waals surface area (Å²) in [6.45, 7) is 3.98. The highest BCUT2D eigenvalue weighted by Gasteiger charge is 2.32. The summed E-state index contributed by atoms with van der Waals surface area (Å²) in [6, 6.07) is 12.5. The van der Waals surface area contributed by atoms with E-state index in [1.807, 2.05) is 26.0 Å². The van der Waals surface area contributed by atoms with E-state index in [0.717, 1.165) is 12.0 Å². The predicted octanol–water partition coefficient (Wildman–Crippen LogP) is 5.07. The van der Waals surface area contributed by atoms with Gasteiger partial charge >= 0.3 is 0 Å². The Hall–Kier alpha value is -2.76. The molecule has 25 heavy (non-hydrogen) atoms. The van der Waals surface area contributed by atoms with Crippen LogP contribution in [-0.2, 0) is 6.42 Å². The zero-order chi connectivity index (χ0) is 17.6. The van der Waals surface area contributed by atoms with E-state index >= 15 is 0 Å². The normalized spacial score (nSPS) is 15.2. The molecule has 4 nitrogen and oxygen atoms in total. The van der Waals surface area contributed by atoms with Crippen LogP contribution in [0.25, 0.3) is 10.9 Å². The van der Waals surface area contributed by atoms with E-state index in [4.69, 9.17) is 9.47 Å². The Labute approximate surface area is 143 Å². The molecule has 0 unspecified atom stereocenters. The Kier molecular flexibility index (Phi) is 3.56. The number of ether oxygens (including phenoxy) is 2. The summed E-state index contributed by atoms with van der Waals surface area (Å²) in [6.07, 6.45) is -2.02. The van der Waals surface area contributed by atoms with Crippen LogP contribution in [0.1, 0.15) is 31.7 Å². The molecule has 0 aliphatic carbocycles.